The van der Waals surface area contributed by atoms with Gasteiger partial charge in [-0.1, -0.05) is 0 Å². The molecule has 1 aliphatic heterocycles. The maximum Gasteiger partial charge on any atom is 0.203 e. The Kier molecular flexibility index (Phi) is 5.30. The average molecular weight is 382 g/mol. The van der Waals surface area contributed by atoms with E-state index < -0.39 is 0 Å². The number of fused-ring (bicyclic) bond motifs is 1. The Morgan fingerprint density at radius 1 is 0.964 bits per heavy atom. The first-order valence-corrected chi connectivity index (χ1v) is 9.47. The van der Waals surface area contributed by atoms with Crippen LogP contribution >= 0.6 is 0 Å². The van der Waals surface area contributed by atoms with Gasteiger partial charge >= 0.3 is 0 Å². The number of aromatic nitrogens is 1. The molecule has 0 N–H and O–H groups in total. The number of ether oxygens (including phenoxy) is 3. The van der Waals surface area contributed by atoms with Crippen LogP contribution in [0.5, 0.6) is 17.2 Å². The molecular formula is C22H26N2O4. The number of benzene rings is 1. The maximum absolute atomic E-state index is 5.81. The van der Waals surface area contributed by atoms with E-state index >= 15 is 0 Å². The molecule has 148 valence electrons. The molecule has 0 radical (unpaired) electrons. The lowest BCUT2D eigenvalue weighted by molar-refractivity contribution is 0.198. The smallest absolute Gasteiger partial charge is 0.203 e. The molecule has 3 aromatic rings. The van der Waals surface area contributed by atoms with E-state index in [0.717, 1.165) is 37.4 Å². The van der Waals surface area contributed by atoms with E-state index in [1.165, 1.54) is 5.69 Å². The zero-order valence-electron chi connectivity index (χ0n) is 16.6. The van der Waals surface area contributed by atoms with Gasteiger partial charge in [-0.25, -0.2) is 0 Å². The van der Waals surface area contributed by atoms with Crippen LogP contribution in [-0.4, -0.2) is 37.3 Å². The first-order chi connectivity index (χ1) is 13.8. The molecule has 0 aliphatic carbocycles. The summed E-state index contributed by atoms with van der Waals surface area (Å²) in [5, 5.41) is 0. The Balaban J connectivity index is 1.85. The topological polar surface area (TPSA) is 49.0 Å². The molecule has 0 spiro atoms. The van der Waals surface area contributed by atoms with Crippen molar-refractivity contribution in [3.05, 3.63) is 65.9 Å². The van der Waals surface area contributed by atoms with Crippen molar-refractivity contribution >= 4 is 0 Å². The third kappa shape index (κ3) is 3.24. The SMILES string of the molecule is COc1ccc(C2c3cccn3CCCN2Cc2ccco2)c(OC)c1OC. The monoisotopic (exact) mass is 382 g/mol. The molecule has 6 heteroatoms. The summed E-state index contributed by atoms with van der Waals surface area (Å²) in [6.07, 6.45) is 4.93. The van der Waals surface area contributed by atoms with Gasteiger partial charge in [0.2, 0.25) is 5.75 Å². The zero-order valence-corrected chi connectivity index (χ0v) is 16.6. The van der Waals surface area contributed by atoms with Crippen LogP contribution in [-0.2, 0) is 13.1 Å². The predicted molar refractivity (Wildman–Crippen MR) is 106 cm³/mol. The highest BCUT2D eigenvalue weighted by Gasteiger charge is 2.32. The highest BCUT2D eigenvalue weighted by Crippen LogP contribution is 2.46. The third-order valence-electron chi connectivity index (χ3n) is 5.32. The van der Waals surface area contributed by atoms with Crippen molar-refractivity contribution in [2.45, 2.75) is 25.6 Å². The van der Waals surface area contributed by atoms with Gasteiger partial charge in [0, 0.05) is 30.5 Å². The van der Waals surface area contributed by atoms with E-state index in [0.29, 0.717) is 17.2 Å². The van der Waals surface area contributed by atoms with Crippen molar-refractivity contribution in [2.24, 2.45) is 0 Å². The standard InChI is InChI=1S/C22H26N2O4/c1-25-19-10-9-17(21(26-2)22(19)27-3)20-18-8-4-11-23(18)12-6-13-24(20)15-16-7-5-14-28-16/h4-5,7-11,14,20H,6,12-13,15H2,1-3H3. The lowest BCUT2D eigenvalue weighted by Gasteiger charge is -2.31. The summed E-state index contributed by atoms with van der Waals surface area (Å²) >= 11 is 0. The van der Waals surface area contributed by atoms with Crippen molar-refractivity contribution in [3.63, 3.8) is 0 Å². The average Bonchev–Trinajstić information content (AvgIpc) is 3.37. The number of rotatable bonds is 6. The van der Waals surface area contributed by atoms with E-state index in [1.54, 1.807) is 27.6 Å². The number of nitrogens with zero attached hydrogens (tertiary/aromatic N) is 2. The lowest BCUT2D eigenvalue weighted by Crippen LogP contribution is -2.29. The normalized spacial score (nSPS) is 17.0. The molecule has 0 bridgehead atoms. The molecule has 28 heavy (non-hydrogen) atoms. The number of furan rings is 1. The first-order valence-electron chi connectivity index (χ1n) is 9.47. The minimum absolute atomic E-state index is 0.0114. The Labute approximate surface area is 165 Å². The van der Waals surface area contributed by atoms with Crippen LogP contribution in [0.3, 0.4) is 0 Å². The molecule has 1 aliphatic rings. The van der Waals surface area contributed by atoms with Gasteiger partial charge in [0.05, 0.1) is 40.2 Å². The number of methoxy groups -OCH3 is 3. The molecule has 1 unspecified atom stereocenters. The minimum atomic E-state index is 0.0114. The van der Waals surface area contributed by atoms with Crippen molar-refractivity contribution in [1.82, 2.24) is 9.47 Å². The molecule has 0 fully saturated rings. The summed E-state index contributed by atoms with van der Waals surface area (Å²) in [6.45, 7) is 2.66. The number of aryl methyl sites for hydroxylation is 1. The fourth-order valence-corrected chi connectivity index (χ4v) is 4.11. The van der Waals surface area contributed by atoms with Crippen LogP contribution in [0.2, 0.25) is 0 Å². The maximum atomic E-state index is 5.81. The summed E-state index contributed by atoms with van der Waals surface area (Å²) in [6, 6.07) is 12.3. The van der Waals surface area contributed by atoms with Gasteiger partial charge in [-0.05, 0) is 42.8 Å². The van der Waals surface area contributed by atoms with Crippen LogP contribution in [0.1, 0.15) is 29.5 Å². The summed E-state index contributed by atoms with van der Waals surface area (Å²) in [7, 11) is 4.95. The summed E-state index contributed by atoms with van der Waals surface area (Å²) in [5.74, 6) is 2.92. The number of hydrogen-bond acceptors (Lipinski definition) is 5. The third-order valence-corrected chi connectivity index (χ3v) is 5.32. The minimum Gasteiger partial charge on any atom is -0.493 e. The molecule has 3 heterocycles. The van der Waals surface area contributed by atoms with Gasteiger partial charge in [-0.3, -0.25) is 4.90 Å². The molecule has 0 saturated carbocycles. The van der Waals surface area contributed by atoms with E-state index in [2.05, 4.69) is 33.9 Å². The van der Waals surface area contributed by atoms with Gasteiger partial charge in [-0.2, -0.15) is 0 Å². The fourth-order valence-electron chi connectivity index (χ4n) is 4.11. The van der Waals surface area contributed by atoms with Gasteiger partial charge in [0.15, 0.2) is 11.5 Å². The van der Waals surface area contributed by atoms with Crippen LogP contribution in [0, 0.1) is 0 Å². The van der Waals surface area contributed by atoms with Crippen LogP contribution in [0.4, 0.5) is 0 Å². The Hall–Kier alpha value is -2.86. The first kappa shape index (κ1) is 18.5. The molecule has 2 aromatic heterocycles. The fraction of sp³-hybridized carbons (Fsp3) is 0.364. The quantitative estimate of drug-likeness (QED) is 0.642. The second-order valence-electron chi connectivity index (χ2n) is 6.86. The molecule has 1 atom stereocenters. The molecule has 0 amide bonds. The van der Waals surface area contributed by atoms with E-state index in [9.17, 15) is 0 Å². The van der Waals surface area contributed by atoms with Crippen LogP contribution in [0.25, 0.3) is 0 Å². The zero-order chi connectivity index (χ0) is 19.5. The molecule has 4 rings (SSSR count). The highest BCUT2D eigenvalue weighted by molar-refractivity contribution is 5.58. The second-order valence-corrected chi connectivity index (χ2v) is 6.86. The van der Waals surface area contributed by atoms with Crippen molar-refractivity contribution in [1.29, 1.82) is 0 Å². The van der Waals surface area contributed by atoms with Crippen molar-refractivity contribution < 1.29 is 18.6 Å². The second kappa shape index (κ2) is 8.02. The molecule has 0 saturated heterocycles. The lowest BCUT2D eigenvalue weighted by atomic mass is 9.99. The molecule has 1 aromatic carbocycles. The van der Waals surface area contributed by atoms with Gasteiger partial charge in [-0.15, -0.1) is 0 Å². The van der Waals surface area contributed by atoms with Gasteiger partial charge in [0.1, 0.15) is 5.76 Å². The van der Waals surface area contributed by atoms with E-state index in [-0.39, 0.29) is 6.04 Å². The Morgan fingerprint density at radius 3 is 2.54 bits per heavy atom. The Morgan fingerprint density at radius 2 is 1.82 bits per heavy atom. The number of hydrogen-bond donors (Lipinski definition) is 0. The molecule has 6 nitrogen and oxygen atoms in total. The Bertz CT molecular complexity index is 917. The van der Waals surface area contributed by atoms with Crippen molar-refractivity contribution in [2.75, 3.05) is 27.9 Å². The largest absolute Gasteiger partial charge is 0.493 e. The van der Waals surface area contributed by atoms with E-state index in [1.807, 2.05) is 18.2 Å². The summed E-state index contributed by atoms with van der Waals surface area (Å²) in [4.78, 5) is 2.43. The highest BCUT2D eigenvalue weighted by atomic mass is 16.5. The van der Waals surface area contributed by atoms with E-state index in [4.69, 9.17) is 18.6 Å². The van der Waals surface area contributed by atoms with Gasteiger partial charge < -0.3 is 23.2 Å². The predicted octanol–water partition coefficient (Wildman–Crippen LogP) is 4.10. The molecular weight excluding hydrogens is 356 g/mol. The van der Waals surface area contributed by atoms with Gasteiger partial charge in [0.25, 0.3) is 0 Å². The summed E-state index contributed by atoms with van der Waals surface area (Å²) in [5.41, 5.74) is 2.28. The van der Waals surface area contributed by atoms with Crippen LogP contribution in [0.15, 0.2) is 53.3 Å². The summed E-state index contributed by atoms with van der Waals surface area (Å²) < 4.78 is 24.9. The van der Waals surface area contributed by atoms with Crippen molar-refractivity contribution in [3.8, 4) is 17.2 Å². The van der Waals surface area contributed by atoms with Crippen LogP contribution < -0.4 is 14.2 Å².